The molecule has 0 saturated carbocycles. The molecule has 4 aromatic carbocycles. The lowest BCUT2D eigenvalue weighted by molar-refractivity contribution is -0.138. The number of urea groups is 1. The van der Waals surface area contributed by atoms with Crippen LogP contribution in [-0.2, 0) is 12.4 Å². The van der Waals surface area contributed by atoms with Crippen molar-refractivity contribution in [3.8, 4) is 11.5 Å². The number of amides is 2. The van der Waals surface area contributed by atoms with Gasteiger partial charge in [-0.2, -0.15) is 26.3 Å². The highest BCUT2D eigenvalue weighted by Gasteiger charge is 2.38. The molecular weight excluding hydrogens is 657 g/mol. The predicted octanol–water partition coefficient (Wildman–Crippen LogP) is 11.8. The zero-order valence-electron chi connectivity index (χ0n) is 24.8. The van der Waals surface area contributed by atoms with Crippen molar-refractivity contribution in [3.63, 3.8) is 0 Å². The fraction of sp³-hybridized carbons (Fsp3) is 0.242. The fourth-order valence-electron chi connectivity index (χ4n) is 4.67. The van der Waals surface area contributed by atoms with Crippen molar-refractivity contribution in [2.45, 2.75) is 51.9 Å². The number of aromatic hydroxyl groups is 2. The Morgan fingerprint density at radius 2 is 0.935 bits per heavy atom. The van der Waals surface area contributed by atoms with E-state index in [-0.39, 0.29) is 23.2 Å². The van der Waals surface area contributed by atoms with Gasteiger partial charge in [0.15, 0.2) is 0 Å². The average molecular weight is 685 g/mol. The molecule has 0 spiro atoms. The number of alkyl halides is 6. The summed E-state index contributed by atoms with van der Waals surface area (Å²) in [5, 5.41) is 21.4. The molecular formula is C33H28Cl2F6N2O3. The Kier molecular flexibility index (Phi) is 9.80. The van der Waals surface area contributed by atoms with E-state index in [1.807, 2.05) is 27.7 Å². The van der Waals surface area contributed by atoms with E-state index in [9.17, 15) is 41.4 Å². The molecule has 0 aromatic heterocycles. The highest BCUT2D eigenvalue weighted by atomic mass is 35.5. The van der Waals surface area contributed by atoms with Crippen LogP contribution in [0, 0.1) is 0 Å². The Morgan fingerprint density at radius 3 is 1.24 bits per heavy atom. The maximum absolute atomic E-state index is 14.8. The summed E-state index contributed by atoms with van der Waals surface area (Å²) in [4.78, 5) is 16.0. The number of carbonyl (C=O) groups excluding carboxylic acids is 1. The second kappa shape index (κ2) is 13.0. The summed E-state index contributed by atoms with van der Waals surface area (Å²) in [5.41, 5.74) is -3.00. The van der Waals surface area contributed by atoms with E-state index in [1.54, 1.807) is 12.1 Å². The third-order valence-electron chi connectivity index (χ3n) is 7.23. The van der Waals surface area contributed by atoms with Crippen LogP contribution in [0.2, 0.25) is 10.0 Å². The number of anilines is 4. The number of phenolic OH excluding ortho intramolecular Hbond substituents is 2. The second-order valence-corrected chi connectivity index (χ2v) is 11.9. The third-order valence-corrected chi connectivity index (χ3v) is 7.86. The molecule has 0 aliphatic heterocycles. The number of benzene rings is 4. The minimum absolute atomic E-state index is 0.0628. The monoisotopic (exact) mass is 684 g/mol. The second-order valence-electron chi connectivity index (χ2n) is 11.1. The quantitative estimate of drug-likeness (QED) is 0.199. The van der Waals surface area contributed by atoms with Gasteiger partial charge in [0, 0.05) is 0 Å². The molecule has 2 N–H and O–H groups in total. The number of carbonyl (C=O) groups is 1. The van der Waals surface area contributed by atoms with Crippen molar-refractivity contribution in [3.05, 3.63) is 105 Å². The topological polar surface area (TPSA) is 64.0 Å². The summed E-state index contributed by atoms with van der Waals surface area (Å²) >= 11 is 12.7. The van der Waals surface area contributed by atoms with Crippen molar-refractivity contribution in [1.29, 1.82) is 0 Å². The van der Waals surface area contributed by atoms with E-state index in [1.165, 1.54) is 24.3 Å². The van der Waals surface area contributed by atoms with E-state index < -0.39 is 62.4 Å². The lowest BCUT2D eigenvalue weighted by Crippen LogP contribution is -2.39. The van der Waals surface area contributed by atoms with Crippen LogP contribution in [0.4, 0.5) is 53.9 Å². The van der Waals surface area contributed by atoms with Crippen LogP contribution in [0.15, 0.2) is 72.8 Å². The van der Waals surface area contributed by atoms with E-state index in [2.05, 4.69) is 0 Å². The molecule has 13 heteroatoms. The van der Waals surface area contributed by atoms with Gasteiger partial charge >= 0.3 is 18.4 Å². The Hall–Kier alpha value is -4.09. The van der Waals surface area contributed by atoms with E-state index in [0.29, 0.717) is 40.3 Å². The van der Waals surface area contributed by atoms with Crippen LogP contribution in [0.5, 0.6) is 11.5 Å². The van der Waals surface area contributed by atoms with Crippen molar-refractivity contribution in [1.82, 2.24) is 0 Å². The van der Waals surface area contributed by atoms with Gasteiger partial charge in [-0.25, -0.2) is 4.79 Å². The first-order valence-electron chi connectivity index (χ1n) is 13.8. The van der Waals surface area contributed by atoms with Crippen molar-refractivity contribution >= 4 is 52.0 Å². The zero-order valence-corrected chi connectivity index (χ0v) is 26.3. The van der Waals surface area contributed by atoms with Gasteiger partial charge in [-0.1, -0.05) is 63.0 Å². The van der Waals surface area contributed by atoms with Crippen molar-refractivity contribution in [2.75, 3.05) is 9.80 Å². The SMILES string of the molecule is CC(C)c1ccc(N(C(=O)N(c2cc(C(F)(F)F)ccc2Cl)c2cc(C(F)(F)F)ccc2Cl)c2ccc(C(C)C)cc2O)c(O)c1. The molecule has 0 aliphatic rings. The van der Waals surface area contributed by atoms with Crippen molar-refractivity contribution < 1.29 is 41.4 Å². The smallest absolute Gasteiger partial charge is 0.416 e. The average Bonchev–Trinajstić information content (AvgIpc) is 2.95. The molecule has 0 atom stereocenters. The van der Waals surface area contributed by atoms with E-state index in [0.717, 1.165) is 17.0 Å². The van der Waals surface area contributed by atoms with Gasteiger partial charge in [-0.3, -0.25) is 9.80 Å². The molecule has 0 radical (unpaired) electrons. The number of hydrogen-bond donors (Lipinski definition) is 2. The molecule has 244 valence electrons. The minimum atomic E-state index is -4.93. The summed E-state index contributed by atoms with van der Waals surface area (Å²) in [5.74, 6) is -1.05. The first-order chi connectivity index (χ1) is 21.3. The first-order valence-corrected chi connectivity index (χ1v) is 14.6. The summed E-state index contributed by atoms with van der Waals surface area (Å²) < 4.78 is 83.2. The number of rotatable bonds is 6. The minimum Gasteiger partial charge on any atom is -0.506 e. The van der Waals surface area contributed by atoms with Crippen LogP contribution < -0.4 is 9.80 Å². The van der Waals surface area contributed by atoms with Crippen LogP contribution in [0.25, 0.3) is 0 Å². The van der Waals surface area contributed by atoms with Crippen LogP contribution in [0.3, 0.4) is 0 Å². The molecule has 0 heterocycles. The highest BCUT2D eigenvalue weighted by molar-refractivity contribution is 6.37. The lowest BCUT2D eigenvalue weighted by Gasteiger charge is -2.33. The molecule has 2 amide bonds. The van der Waals surface area contributed by atoms with E-state index >= 15 is 0 Å². The Balaban J connectivity index is 2.09. The van der Waals surface area contributed by atoms with Gasteiger partial charge in [0.2, 0.25) is 0 Å². The number of hydrogen-bond acceptors (Lipinski definition) is 3. The number of phenols is 2. The van der Waals surface area contributed by atoms with Crippen molar-refractivity contribution in [2.24, 2.45) is 0 Å². The Labute approximate surface area is 271 Å². The molecule has 4 aromatic rings. The maximum atomic E-state index is 14.8. The Morgan fingerprint density at radius 1 is 0.587 bits per heavy atom. The zero-order chi connectivity index (χ0) is 34.3. The number of halogens is 8. The molecule has 4 rings (SSSR count). The molecule has 0 aliphatic carbocycles. The first kappa shape index (κ1) is 34.8. The van der Waals surface area contributed by atoms with Crippen LogP contribution >= 0.6 is 23.2 Å². The van der Waals surface area contributed by atoms with Gasteiger partial charge in [-0.05, 0) is 83.6 Å². The summed E-state index contributed by atoms with van der Waals surface area (Å²) in [6, 6.07) is 11.2. The largest absolute Gasteiger partial charge is 0.506 e. The predicted molar refractivity (Wildman–Crippen MR) is 167 cm³/mol. The van der Waals surface area contributed by atoms with Crippen LogP contribution in [-0.4, -0.2) is 16.2 Å². The van der Waals surface area contributed by atoms with Gasteiger partial charge in [0.1, 0.15) is 11.5 Å². The molecule has 0 saturated heterocycles. The lowest BCUT2D eigenvalue weighted by atomic mass is 10.0. The van der Waals surface area contributed by atoms with Gasteiger partial charge in [0.25, 0.3) is 0 Å². The molecule has 5 nitrogen and oxygen atoms in total. The van der Waals surface area contributed by atoms with Gasteiger partial charge in [0.05, 0.1) is 43.9 Å². The molecule has 46 heavy (non-hydrogen) atoms. The van der Waals surface area contributed by atoms with Crippen LogP contribution in [0.1, 0.15) is 61.8 Å². The summed E-state index contributed by atoms with van der Waals surface area (Å²) in [6.07, 6.45) is -9.86. The fourth-order valence-corrected chi connectivity index (χ4v) is 5.07. The highest BCUT2D eigenvalue weighted by Crippen LogP contribution is 2.46. The maximum Gasteiger partial charge on any atom is 0.416 e. The molecule has 0 unspecified atom stereocenters. The normalized spacial score (nSPS) is 12.1. The molecule has 0 bridgehead atoms. The summed E-state index contributed by atoms with van der Waals surface area (Å²) in [7, 11) is 0. The number of nitrogens with zero attached hydrogens (tertiary/aromatic N) is 2. The molecule has 0 fully saturated rings. The Bertz CT molecular complexity index is 1650. The van der Waals surface area contributed by atoms with Gasteiger partial charge < -0.3 is 10.2 Å². The van der Waals surface area contributed by atoms with Gasteiger partial charge in [-0.15, -0.1) is 0 Å². The third kappa shape index (κ3) is 7.15. The summed E-state index contributed by atoms with van der Waals surface area (Å²) in [6.45, 7) is 7.39. The standard InChI is InChI=1S/C33H28Cl2F6N2O3/c1-17(2)19-5-11-25(29(44)13-19)42(26-12-6-20(18(3)4)14-30(26)45)31(46)43(27-15-21(32(36,37)38)7-9-23(27)34)28-16-22(33(39,40)41)8-10-24(28)35/h5-18,44-45H,1-4H3. The van der Waals surface area contributed by atoms with E-state index in [4.69, 9.17) is 23.2 Å².